The predicted octanol–water partition coefficient (Wildman–Crippen LogP) is 4.83. The molecule has 3 heterocycles. The van der Waals surface area contributed by atoms with E-state index in [1.54, 1.807) is 6.07 Å². The van der Waals surface area contributed by atoms with Crippen LogP contribution in [-0.4, -0.2) is 77.8 Å². The molecule has 0 radical (unpaired) electrons. The van der Waals surface area contributed by atoms with Crippen LogP contribution in [0.1, 0.15) is 49.5 Å². The monoisotopic (exact) mass is 492 g/mol. The van der Waals surface area contributed by atoms with E-state index < -0.39 is 5.97 Å². The van der Waals surface area contributed by atoms with Crippen LogP contribution in [0.4, 0.5) is 0 Å². The minimum absolute atomic E-state index is 0.198. The summed E-state index contributed by atoms with van der Waals surface area (Å²) in [5.41, 5.74) is 8.94. The number of aromatic amines is 1. The van der Waals surface area contributed by atoms with Gasteiger partial charge in [-0.3, -0.25) is 0 Å². The van der Waals surface area contributed by atoms with Crippen molar-refractivity contribution in [2.45, 2.75) is 45.1 Å². The van der Waals surface area contributed by atoms with Gasteiger partial charge in [0.05, 0.1) is 6.61 Å². The van der Waals surface area contributed by atoms with Crippen molar-refractivity contribution in [1.29, 1.82) is 0 Å². The third kappa shape index (κ3) is 7.09. The number of nitrogens with one attached hydrogen (secondary N) is 1. The molecule has 2 saturated heterocycles. The van der Waals surface area contributed by atoms with Crippen molar-refractivity contribution in [3.63, 3.8) is 0 Å². The van der Waals surface area contributed by atoms with Crippen LogP contribution in [-0.2, 0) is 0 Å². The molecule has 7 nitrogen and oxygen atoms in total. The number of likely N-dealkylation sites (tertiary alicyclic amines) is 2. The number of aromatic nitrogens is 1. The van der Waals surface area contributed by atoms with E-state index in [-0.39, 0.29) is 5.69 Å². The number of H-pyrrole nitrogens is 1. The normalized spacial score (nSPS) is 17.5. The minimum atomic E-state index is -0.955. The van der Waals surface area contributed by atoms with Crippen LogP contribution in [0.15, 0.2) is 48.5 Å². The summed E-state index contributed by atoms with van der Waals surface area (Å²) in [6.45, 7) is 10.2. The van der Waals surface area contributed by atoms with E-state index in [1.165, 1.54) is 71.4 Å². The lowest BCUT2D eigenvalue weighted by atomic mass is 10.0. The molecule has 5 rings (SSSR count). The molecule has 2 aliphatic heterocycles. The fourth-order valence-electron chi connectivity index (χ4n) is 5.06. The first-order chi connectivity index (χ1) is 17.5. The largest absolute Gasteiger partial charge is 0.494 e. The van der Waals surface area contributed by atoms with E-state index in [9.17, 15) is 4.79 Å². The average Bonchev–Trinajstić information content (AvgIpc) is 3.35. The number of carboxylic acid groups (broad SMARTS) is 1. The van der Waals surface area contributed by atoms with Gasteiger partial charge < -0.3 is 30.4 Å². The zero-order valence-electron chi connectivity index (χ0n) is 21.4. The Morgan fingerprint density at radius 3 is 2.31 bits per heavy atom. The van der Waals surface area contributed by atoms with Gasteiger partial charge in [0.2, 0.25) is 0 Å². The van der Waals surface area contributed by atoms with Crippen molar-refractivity contribution in [2.24, 2.45) is 5.73 Å². The first kappa shape index (κ1) is 26.2. The molecule has 2 fully saturated rings. The highest BCUT2D eigenvalue weighted by Crippen LogP contribution is 2.30. The molecule has 0 saturated carbocycles. The highest BCUT2D eigenvalue weighted by atomic mass is 16.5. The third-order valence-corrected chi connectivity index (χ3v) is 7.18. The molecule has 0 atom stereocenters. The smallest absolute Gasteiger partial charge is 0.352 e. The zero-order chi connectivity index (χ0) is 25.3. The predicted molar refractivity (Wildman–Crippen MR) is 146 cm³/mol. The van der Waals surface area contributed by atoms with Gasteiger partial charge in [0.15, 0.2) is 0 Å². The van der Waals surface area contributed by atoms with Gasteiger partial charge in [-0.25, -0.2) is 4.79 Å². The number of nitrogens with zero attached hydrogens (tertiary/aromatic N) is 2. The molecule has 0 unspecified atom stereocenters. The summed E-state index contributed by atoms with van der Waals surface area (Å²) in [6.07, 6.45) is 6.64. The summed E-state index contributed by atoms with van der Waals surface area (Å²) in [5.74, 6) is -0.127. The van der Waals surface area contributed by atoms with Gasteiger partial charge in [-0.05, 0) is 94.2 Å². The molecule has 4 N–H and O–H groups in total. The number of hydrogen-bond donors (Lipinski definition) is 3. The number of aromatic carboxylic acids is 1. The standard InChI is InChI=1S/C17H15NO3.C12H25N3/c1-2-21-12-8-6-11(7-9-12)13-4-3-5-15-14(13)10-16(18-15)17(19)20;13-12-4-8-15(9-5-12)11-10-14-6-2-1-3-7-14/h3-10,18H,2H2,1H3,(H,19,20);12H,1-11,13H2. The second-order valence-corrected chi connectivity index (χ2v) is 9.79. The number of carboxylic acids is 1. The number of rotatable bonds is 7. The summed E-state index contributed by atoms with van der Waals surface area (Å²) >= 11 is 0. The molecule has 0 bridgehead atoms. The maximum atomic E-state index is 11.1. The van der Waals surface area contributed by atoms with E-state index in [4.69, 9.17) is 15.6 Å². The Bertz CT molecular complexity index is 1100. The highest BCUT2D eigenvalue weighted by Gasteiger charge is 2.17. The maximum absolute atomic E-state index is 11.1. The summed E-state index contributed by atoms with van der Waals surface area (Å²) in [4.78, 5) is 19.2. The second-order valence-electron chi connectivity index (χ2n) is 9.79. The van der Waals surface area contributed by atoms with E-state index >= 15 is 0 Å². The van der Waals surface area contributed by atoms with Crippen LogP contribution in [0.2, 0.25) is 0 Å². The number of nitrogens with two attached hydrogens (primary N) is 1. The zero-order valence-corrected chi connectivity index (χ0v) is 21.4. The van der Waals surface area contributed by atoms with Gasteiger partial charge in [0, 0.05) is 30.0 Å². The minimum Gasteiger partial charge on any atom is -0.494 e. The van der Waals surface area contributed by atoms with Gasteiger partial charge in [-0.15, -0.1) is 0 Å². The lowest BCUT2D eigenvalue weighted by molar-refractivity contribution is 0.0691. The van der Waals surface area contributed by atoms with Crippen LogP contribution in [0.25, 0.3) is 22.0 Å². The molecule has 0 aliphatic carbocycles. The number of hydrogen-bond acceptors (Lipinski definition) is 5. The number of carbonyl (C=O) groups is 1. The van der Waals surface area contributed by atoms with Gasteiger partial charge in [-0.1, -0.05) is 30.7 Å². The quantitative estimate of drug-likeness (QED) is 0.437. The fourth-order valence-corrected chi connectivity index (χ4v) is 5.06. The van der Waals surface area contributed by atoms with Crippen molar-refractivity contribution in [2.75, 3.05) is 45.9 Å². The second kappa shape index (κ2) is 12.9. The van der Waals surface area contributed by atoms with Gasteiger partial charge in [0.25, 0.3) is 0 Å². The first-order valence-corrected chi connectivity index (χ1v) is 13.3. The summed E-state index contributed by atoms with van der Waals surface area (Å²) in [5, 5.41) is 10.00. The van der Waals surface area contributed by atoms with Crippen molar-refractivity contribution in [1.82, 2.24) is 14.8 Å². The Morgan fingerprint density at radius 1 is 1.00 bits per heavy atom. The van der Waals surface area contributed by atoms with Crippen molar-refractivity contribution in [3.8, 4) is 16.9 Å². The van der Waals surface area contributed by atoms with Gasteiger partial charge in [0.1, 0.15) is 11.4 Å². The fraction of sp³-hybridized carbons (Fsp3) is 0.483. The molecule has 2 aromatic carbocycles. The van der Waals surface area contributed by atoms with Crippen LogP contribution in [0.3, 0.4) is 0 Å². The first-order valence-electron chi connectivity index (χ1n) is 13.3. The van der Waals surface area contributed by atoms with E-state index in [1.807, 2.05) is 49.4 Å². The topological polar surface area (TPSA) is 94.8 Å². The van der Waals surface area contributed by atoms with Crippen LogP contribution >= 0.6 is 0 Å². The average molecular weight is 493 g/mol. The lowest BCUT2D eigenvalue weighted by Crippen LogP contribution is -2.43. The third-order valence-electron chi connectivity index (χ3n) is 7.18. The summed E-state index contributed by atoms with van der Waals surface area (Å²) < 4.78 is 5.44. The van der Waals surface area contributed by atoms with E-state index in [2.05, 4.69) is 14.8 Å². The van der Waals surface area contributed by atoms with E-state index in [0.29, 0.717) is 12.6 Å². The van der Waals surface area contributed by atoms with Crippen molar-refractivity contribution >= 4 is 16.9 Å². The Balaban J connectivity index is 0.000000179. The lowest BCUT2D eigenvalue weighted by Gasteiger charge is -2.33. The number of ether oxygens (including phenoxy) is 1. The Morgan fingerprint density at radius 2 is 1.67 bits per heavy atom. The summed E-state index contributed by atoms with van der Waals surface area (Å²) in [7, 11) is 0. The molecular formula is C29H40N4O3. The Kier molecular flexibility index (Phi) is 9.39. The maximum Gasteiger partial charge on any atom is 0.352 e. The molecule has 1 aromatic heterocycles. The number of piperidine rings is 2. The van der Waals surface area contributed by atoms with Crippen LogP contribution in [0, 0.1) is 0 Å². The van der Waals surface area contributed by atoms with Gasteiger partial charge in [-0.2, -0.15) is 0 Å². The molecule has 36 heavy (non-hydrogen) atoms. The van der Waals surface area contributed by atoms with Crippen molar-refractivity contribution < 1.29 is 14.6 Å². The molecule has 7 heteroatoms. The Hall–Kier alpha value is -2.87. The summed E-state index contributed by atoms with van der Waals surface area (Å²) in [6, 6.07) is 15.7. The number of benzene rings is 2. The highest BCUT2D eigenvalue weighted by molar-refractivity contribution is 6.00. The van der Waals surface area contributed by atoms with Crippen LogP contribution in [0.5, 0.6) is 5.75 Å². The van der Waals surface area contributed by atoms with Crippen molar-refractivity contribution in [3.05, 3.63) is 54.2 Å². The molecule has 2 aliphatic rings. The molecule has 0 amide bonds. The van der Waals surface area contributed by atoms with E-state index in [0.717, 1.165) is 27.8 Å². The molecule has 194 valence electrons. The molecular weight excluding hydrogens is 452 g/mol. The molecule has 0 spiro atoms. The SMILES string of the molecule is CCOc1ccc(-c2cccc3[nH]c(C(=O)O)cc23)cc1.NC1CCN(CCN2CCCCC2)CC1. The van der Waals surface area contributed by atoms with Crippen LogP contribution < -0.4 is 10.5 Å². The number of fused-ring (bicyclic) bond motifs is 1. The van der Waals surface area contributed by atoms with Gasteiger partial charge >= 0.3 is 5.97 Å². The Labute approximate surface area is 214 Å². The molecule has 3 aromatic rings.